The fourth-order valence-corrected chi connectivity index (χ4v) is 2.43. The van der Waals surface area contributed by atoms with Gasteiger partial charge in [0.1, 0.15) is 0 Å². The van der Waals surface area contributed by atoms with Gasteiger partial charge < -0.3 is 15.5 Å². The van der Waals surface area contributed by atoms with Crippen LogP contribution in [0.4, 0.5) is 10.5 Å². The molecule has 8 heteroatoms. The van der Waals surface area contributed by atoms with Crippen molar-refractivity contribution in [3.05, 3.63) is 24.3 Å². The Labute approximate surface area is 121 Å². The van der Waals surface area contributed by atoms with Crippen molar-refractivity contribution in [2.45, 2.75) is 12.5 Å². The normalized spacial score (nSPS) is 18.6. The summed E-state index contributed by atoms with van der Waals surface area (Å²) >= 11 is 0. The Morgan fingerprint density at radius 1 is 1.48 bits per heavy atom. The number of carbonyl (C=O) groups excluding carboxylic acids is 1. The lowest BCUT2D eigenvalue weighted by Crippen LogP contribution is -2.39. The van der Waals surface area contributed by atoms with E-state index in [-0.39, 0.29) is 12.1 Å². The zero-order valence-electron chi connectivity index (χ0n) is 11.7. The molecule has 1 aliphatic heterocycles. The Balaban J connectivity index is 1.62. The molecule has 3 N–H and O–H groups in total. The van der Waals surface area contributed by atoms with E-state index in [1.165, 1.54) is 0 Å². The van der Waals surface area contributed by atoms with Crippen molar-refractivity contribution in [3.63, 3.8) is 0 Å². The van der Waals surface area contributed by atoms with Crippen molar-refractivity contribution in [2.75, 3.05) is 25.5 Å². The molecule has 21 heavy (non-hydrogen) atoms. The third-order valence-corrected chi connectivity index (χ3v) is 3.45. The van der Waals surface area contributed by atoms with Crippen molar-refractivity contribution in [1.82, 2.24) is 30.8 Å². The van der Waals surface area contributed by atoms with Crippen molar-refractivity contribution in [3.8, 4) is 11.4 Å². The van der Waals surface area contributed by atoms with Gasteiger partial charge >= 0.3 is 6.03 Å². The van der Waals surface area contributed by atoms with Gasteiger partial charge in [0.2, 0.25) is 5.82 Å². The van der Waals surface area contributed by atoms with Crippen LogP contribution in [0.3, 0.4) is 0 Å². The molecular formula is C13H17N7O. The van der Waals surface area contributed by atoms with Gasteiger partial charge in [-0.2, -0.15) is 5.21 Å². The summed E-state index contributed by atoms with van der Waals surface area (Å²) in [7, 11) is 2.05. The molecule has 0 saturated carbocycles. The van der Waals surface area contributed by atoms with Gasteiger partial charge in [-0.15, -0.1) is 10.2 Å². The Hall–Kier alpha value is -2.48. The van der Waals surface area contributed by atoms with Crippen LogP contribution >= 0.6 is 0 Å². The van der Waals surface area contributed by atoms with Crippen LogP contribution in [0.1, 0.15) is 6.42 Å². The second-order valence-corrected chi connectivity index (χ2v) is 5.16. The average molecular weight is 287 g/mol. The van der Waals surface area contributed by atoms with E-state index in [9.17, 15) is 4.79 Å². The first-order valence-corrected chi connectivity index (χ1v) is 6.80. The van der Waals surface area contributed by atoms with E-state index in [2.05, 4.69) is 36.2 Å². The highest BCUT2D eigenvalue weighted by Gasteiger charge is 2.20. The molecule has 1 aromatic carbocycles. The van der Waals surface area contributed by atoms with E-state index in [1.807, 2.05) is 31.3 Å². The van der Waals surface area contributed by atoms with Crippen LogP contribution in [-0.4, -0.2) is 57.7 Å². The first-order chi connectivity index (χ1) is 10.2. The predicted octanol–water partition coefficient (Wildman–Crippen LogP) is 0.692. The standard InChI is InChI=1S/C13H17N7O/c1-20-6-5-11(8-20)15-13(21)14-10-4-2-3-9(7-10)12-16-18-19-17-12/h2-4,7,11H,5-6,8H2,1H3,(H2,14,15,21)(H,16,17,18,19)/t11-/m1/s1. The van der Waals surface area contributed by atoms with Gasteiger partial charge in [-0.1, -0.05) is 12.1 Å². The summed E-state index contributed by atoms with van der Waals surface area (Å²) in [5.41, 5.74) is 1.49. The number of amides is 2. The van der Waals surface area contributed by atoms with E-state index in [1.54, 1.807) is 0 Å². The van der Waals surface area contributed by atoms with Gasteiger partial charge in [0.15, 0.2) is 0 Å². The predicted molar refractivity (Wildman–Crippen MR) is 77.7 cm³/mol. The third-order valence-electron chi connectivity index (χ3n) is 3.45. The van der Waals surface area contributed by atoms with Crippen molar-refractivity contribution in [1.29, 1.82) is 0 Å². The Morgan fingerprint density at radius 2 is 2.38 bits per heavy atom. The quantitative estimate of drug-likeness (QED) is 0.771. The van der Waals surface area contributed by atoms with E-state index in [0.717, 1.165) is 25.1 Å². The lowest BCUT2D eigenvalue weighted by Gasteiger charge is -2.14. The molecule has 2 amide bonds. The van der Waals surface area contributed by atoms with Crippen LogP contribution in [0.2, 0.25) is 0 Å². The summed E-state index contributed by atoms with van der Waals surface area (Å²) in [6, 6.07) is 7.34. The SMILES string of the molecule is CN1CC[C@@H](NC(=O)Nc2cccc(-c3nn[nH]n3)c2)C1. The number of aromatic amines is 1. The number of urea groups is 1. The van der Waals surface area contributed by atoms with Crippen LogP contribution in [-0.2, 0) is 0 Å². The summed E-state index contributed by atoms with van der Waals surface area (Å²) in [6.45, 7) is 1.90. The van der Waals surface area contributed by atoms with Crippen LogP contribution in [0.5, 0.6) is 0 Å². The number of nitrogens with one attached hydrogen (secondary N) is 3. The van der Waals surface area contributed by atoms with Crippen molar-refractivity contribution >= 4 is 11.7 Å². The number of hydrogen-bond acceptors (Lipinski definition) is 5. The molecule has 0 bridgehead atoms. The number of aromatic nitrogens is 4. The number of hydrogen-bond donors (Lipinski definition) is 3. The maximum Gasteiger partial charge on any atom is 0.319 e. The zero-order valence-corrected chi connectivity index (χ0v) is 11.7. The van der Waals surface area contributed by atoms with Crippen LogP contribution < -0.4 is 10.6 Å². The Morgan fingerprint density at radius 3 is 3.10 bits per heavy atom. The number of likely N-dealkylation sites (tertiary alicyclic amines) is 1. The first-order valence-electron chi connectivity index (χ1n) is 6.80. The lowest BCUT2D eigenvalue weighted by molar-refractivity contribution is 0.248. The summed E-state index contributed by atoms with van der Waals surface area (Å²) in [6.07, 6.45) is 0.979. The summed E-state index contributed by atoms with van der Waals surface area (Å²) in [5.74, 6) is 0.497. The number of tetrazole rings is 1. The van der Waals surface area contributed by atoms with Gasteiger partial charge in [-0.05, 0) is 37.4 Å². The molecule has 3 rings (SSSR count). The molecule has 1 aliphatic rings. The fourth-order valence-electron chi connectivity index (χ4n) is 2.43. The van der Waals surface area contributed by atoms with Crippen molar-refractivity contribution < 1.29 is 4.79 Å². The number of carbonyl (C=O) groups is 1. The van der Waals surface area contributed by atoms with E-state index < -0.39 is 0 Å². The molecule has 110 valence electrons. The summed E-state index contributed by atoms with van der Waals surface area (Å²) < 4.78 is 0. The molecule has 1 atom stereocenters. The minimum absolute atomic E-state index is 0.194. The monoisotopic (exact) mass is 287 g/mol. The topological polar surface area (TPSA) is 98.8 Å². The largest absolute Gasteiger partial charge is 0.334 e. The number of nitrogens with zero attached hydrogens (tertiary/aromatic N) is 4. The van der Waals surface area contributed by atoms with E-state index in [0.29, 0.717) is 11.5 Å². The summed E-state index contributed by atoms with van der Waals surface area (Å²) in [4.78, 5) is 14.2. The van der Waals surface area contributed by atoms with Crippen LogP contribution in [0.25, 0.3) is 11.4 Å². The smallest absolute Gasteiger partial charge is 0.319 e. The van der Waals surface area contributed by atoms with E-state index in [4.69, 9.17) is 0 Å². The second-order valence-electron chi connectivity index (χ2n) is 5.16. The highest BCUT2D eigenvalue weighted by molar-refractivity contribution is 5.90. The maximum absolute atomic E-state index is 12.0. The average Bonchev–Trinajstić information content (AvgIpc) is 3.11. The molecular weight excluding hydrogens is 270 g/mol. The molecule has 8 nitrogen and oxygen atoms in total. The van der Waals surface area contributed by atoms with Gasteiger partial charge in [-0.25, -0.2) is 4.79 Å². The minimum Gasteiger partial charge on any atom is -0.334 e. The van der Waals surface area contributed by atoms with Gasteiger partial charge in [0.05, 0.1) is 0 Å². The maximum atomic E-state index is 12.0. The fraction of sp³-hybridized carbons (Fsp3) is 0.385. The highest BCUT2D eigenvalue weighted by atomic mass is 16.2. The number of benzene rings is 1. The molecule has 2 aromatic rings. The van der Waals surface area contributed by atoms with E-state index >= 15 is 0 Å². The molecule has 0 radical (unpaired) electrons. The number of anilines is 1. The zero-order chi connectivity index (χ0) is 14.7. The Bertz CT molecular complexity index is 613. The molecule has 0 unspecified atom stereocenters. The minimum atomic E-state index is -0.194. The highest BCUT2D eigenvalue weighted by Crippen LogP contribution is 2.18. The molecule has 0 aliphatic carbocycles. The molecule has 1 aromatic heterocycles. The molecule has 1 saturated heterocycles. The number of rotatable bonds is 3. The number of H-pyrrole nitrogens is 1. The van der Waals surface area contributed by atoms with Crippen LogP contribution in [0.15, 0.2) is 24.3 Å². The van der Waals surface area contributed by atoms with Gasteiger partial charge in [0.25, 0.3) is 0 Å². The summed E-state index contributed by atoms with van der Waals surface area (Å²) in [5, 5.41) is 19.6. The Kier molecular flexibility index (Phi) is 3.78. The second kappa shape index (κ2) is 5.88. The lowest BCUT2D eigenvalue weighted by atomic mass is 10.2. The first kappa shape index (κ1) is 13.5. The van der Waals surface area contributed by atoms with Crippen LogP contribution in [0, 0.1) is 0 Å². The van der Waals surface area contributed by atoms with Gasteiger partial charge in [0, 0.05) is 23.8 Å². The number of likely N-dealkylation sites (N-methyl/N-ethyl adjacent to an activating group) is 1. The van der Waals surface area contributed by atoms with Gasteiger partial charge in [-0.3, -0.25) is 0 Å². The molecule has 2 heterocycles. The molecule has 1 fully saturated rings. The third kappa shape index (κ3) is 3.34. The molecule has 0 spiro atoms. The van der Waals surface area contributed by atoms with Crippen molar-refractivity contribution in [2.24, 2.45) is 0 Å².